The summed E-state index contributed by atoms with van der Waals surface area (Å²) in [4.78, 5) is 10.8. The second kappa shape index (κ2) is 3.61. The van der Waals surface area contributed by atoms with E-state index >= 15 is 0 Å². The van der Waals surface area contributed by atoms with Crippen molar-refractivity contribution in [2.45, 2.75) is 13.8 Å². The molecule has 78 valence electrons. The van der Waals surface area contributed by atoms with E-state index in [2.05, 4.69) is 5.09 Å². The highest BCUT2D eigenvalue weighted by Crippen LogP contribution is 2.33. The standard InChI is InChI=1S/C8H13N2O3P/c1-5-6(2)8(11)4-3-7(5)10-14(9,12)13/h3-4,11H,1-2H3,(H4,9,10,12,13)/p-1. The van der Waals surface area contributed by atoms with E-state index in [9.17, 15) is 14.6 Å². The number of nitrogens with one attached hydrogen (secondary N) is 1. The first-order valence-electron chi connectivity index (χ1n) is 3.98. The lowest BCUT2D eigenvalue weighted by Crippen LogP contribution is -2.17. The lowest BCUT2D eigenvalue weighted by atomic mass is 10.1. The molecule has 0 aromatic heterocycles. The predicted octanol–water partition coefficient (Wildman–Crippen LogP) is 0.848. The normalized spacial score (nSPS) is 14.9. The molecule has 0 fully saturated rings. The van der Waals surface area contributed by atoms with Gasteiger partial charge in [0.1, 0.15) is 5.75 Å². The summed E-state index contributed by atoms with van der Waals surface area (Å²) < 4.78 is 10.8. The Kier molecular flexibility index (Phi) is 2.85. The second-order valence-electron chi connectivity index (χ2n) is 3.09. The number of phenols is 1. The Hall–Kier alpha value is -1.03. The van der Waals surface area contributed by atoms with Crippen molar-refractivity contribution >= 4 is 13.4 Å². The number of hydrogen-bond donors (Lipinski definition) is 3. The Morgan fingerprint density at radius 1 is 1.43 bits per heavy atom. The first-order valence-corrected chi connectivity index (χ1v) is 5.68. The summed E-state index contributed by atoms with van der Waals surface area (Å²) in [6.07, 6.45) is 0. The number of hydrogen-bond acceptors (Lipinski definition) is 3. The van der Waals surface area contributed by atoms with Crippen LogP contribution in [0.25, 0.3) is 0 Å². The van der Waals surface area contributed by atoms with Crippen LogP contribution in [0.3, 0.4) is 0 Å². The maximum Gasteiger partial charge on any atom is 0.165 e. The highest BCUT2D eigenvalue weighted by molar-refractivity contribution is 7.55. The molecule has 1 unspecified atom stereocenters. The molecule has 5 nitrogen and oxygen atoms in total. The largest absolute Gasteiger partial charge is 0.772 e. The number of rotatable bonds is 2. The van der Waals surface area contributed by atoms with E-state index in [0.29, 0.717) is 16.8 Å². The van der Waals surface area contributed by atoms with Gasteiger partial charge in [-0.25, -0.2) is 0 Å². The molecule has 6 heteroatoms. The van der Waals surface area contributed by atoms with Crippen molar-refractivity contribution in [3.8, 4) is 5.75 Å². The summed E-state index contributed by atoms with van der Waals surface area (Å²) >= 11 is 0. The molecule has 0 aliphatic rings. The van der Waals surface area contributed by atoms with Crippen LogP contribution in [-0.4, -0.2) is 5.11 Å². The van der Waals surface area contributed by atoms with Gasteiger partial charge in [-0.3, -0.25) is 10.1 Å². The van der Waals surface area contributed by atoms with E-state index in [1.54, 1.807) is 13.8 Å². The first-order chi connectivity index (χ1) is 6.31. The molecule has 0 bridgehead atoms. The molecule has 0 heterocycles. The van der Waals surface area contributed by atoms with E-state index in [1.165, 1.54) is 12.1 Å². The highest BCUT2D eigenvalue weighted by atomic mass is 31.2. The molecule has 1 rings (SSSR count). The van der Waals surface area contributed by atoms with Crippen LogP contribution in [0.4, 0.5) is 5.69 Å². The molecular weight excluding hydrogens is 203 g/mol. The zero-order valence-electron chi connectivity index (χ0n) is 7.94. The fraction of sp³-hybridized carbons (Fsp3) is 0.250. The summed E-state index contributed by atoms with van der Waals surface area (Å²) in [6, 6.07) is 2.88. The number of phenolic OH excluding ortho intramolecular Hbond substituents is 1. The topological polar surface area (TPSA) is 98.4 Å². The van der Waals surface area contributed by atoms with Crippen LogP contribution < -0.4 is 15.5 Å². The third-order valence-electron chi connectivity index (χ3n) is 2.03. The van der Waals surface area contributed by atoms with Crippen molar-refractivity contribution in [1.82, 2.24) is 0 Å². The van der Waals surface area contributed by atoms with E-state index < -0.39 is 7.67 Å². The minimum atomic E-state index is -4.03. The minimum Gasteiger partial charge on any atom is -0.772 e. The van der Waals surface area contributed by atoms with Crippen molar-refractivity contribution in [1.29, 1.82) is 0 Å². The number of anilines is 1. The van der Waals surface area contributed by atoms with Crippen LogP contribution in [0.5, 0.6) is 5.75 Å². The molecule has 0 aliphatic carbocycles. The monoisotopic (exact) mass is 215 g/mol. The van der Waals surface area contributed by atoms with Crippen molar-refractivity contribution in [3.63, 3.8) is 0 Å². The predicted molar refractivity (Wildman–Crippen MR) is 53.0 cm³/mol. The average molecular weight is 215 g/mol. The molecule has 0 spiro atoms. The maximum absolute atomic E-state index is 10.8. The Morgan fingerprint density at radius 2 is 2.00 bits per heavy atom. The number of benzene rings is 1. The van der Waals surface area contributed by atoms with E-state index in [0.717, 1.165) is 0 Å². The molecule has 4 N–H and O–H groups in total. The molecule has 1 atom stereocenters. The Morgan fingerprint density at radius 3 is 2.50 bits per heavy atom. The SMILES string of the molecule is Cc1c(O)ccc(NP(N)(=O)[O-])c1C. The lowest BCUT2D eigenvalue weighted by Gasteiger charge is -2.22. The van der Waals surface area contributed by atoms with Gasteiger partial charge in [-0.2, -0.15) is 0 Å². The van der Waals surface area contributed by atoms with Gasteiger partial charge < -0.3 is 15.1 Å². The average Bonchev–Trinajstić information content (AvgIpc) is 2.04. The molecule has 0 aliphatic heterocycles. The van der Waals surface area contributed by atoms with Crippen LogP contribution in [0, 0.1) is 13.8 Å². The fourth-order valence-electron chi connectivity index (χ4n) is 1.10. The summed E-state index contributed by atoms with van der Waals surface area (Å²) in [5, 5.41) is 11.5. The fourth-order valence-corrected chi connectivity index (χ4v) is 1.67. The van der Waals surface area contributed by atoms with Crippen LogP contribution >= 0.6 is 7.67 Å². The first kappa shape index (κ1) is 11.0. The molecular formula is C8H12N2O3P-. The molecule has 0 amide bonds. The van der Waals surface area contributed by atoms with Gasteiger partial charge in [-0.15, -0.1) is 0 Å². The summed E-state index contributed by atoms with van der Waals surface area (Å²) in [5.74, 6) is 0.130. The zero-order valence-corrected chi connectivity index (χ0v) is 8.84. The molecule has 14 heavy (non-hydrogen) atoms. The van der Waals surface area contributed by atoms with Gasteiger partial charge in [0.15, 0.2) is 7.67 Å². The van der Waals surface area contributed by atoms with Gasteiger partial charge in [0, 0.05) is 5.69 Å². The molecule has 1 aromatic carbocycles. The van der Waals surface area contributed by atoms with Crippen LogP contribution in [0.2, 0.25) is 0 Å². The third kappa shape index (κ3) is 2.48. The highest BCUT2D eigenvalue weighted by Gasteiger charge is 2.07. The lowest BCUT2D eigenvalue weighted by molar-refractivity contribution is -0.173. The van der Waals surface area contributed by atoms with Gasteiger partial charge >= 0.3 is 0 Å². The van der Waals surface area contributed by atoms with Crippen LogP contribution in [0.1, 0.15) is 11.1 Å². The van der Waals surface area contributed by atoms with Gasteiger partial charge in [0.25, 0.3) is 0 Å². The van der Waals surface area contributed by atoms with Crippen molar-refractivity contribution in [3.05, 3.63) is 23.3 Å². The zero-order chi connectivity index (χ0) is 10.9. The maximum atomic E-state index is 10.8. The Balaban J connectivity index is 3.12. The number of aromatic hydroxyl groups is 1. The van der Waals surface area contributed by atoms with Crippen molar-refractivity contribution in [2.75, 3.05) is 5.09 Å². The van der Waals surface area contributed by atoms with Gasteiger partial charge in [0.2, 0.25) is 0 Å². The molecule has 0 saturated carbocycles. The van der Waals surface area contributed by atoms with Crippen LogP contribution in [-0.2, 0) is 4.57 Å². The molecule has 0 saturated heterocycles. The summed E-state index contributed by atoms with van der Waals surface area (Å²) in [7, 11) is -4.03. The van der Waals surface area contributed by atoms with E-state index in [-0.39, 0.29) is 5.75 Å². The Bertz CT molecular complexity index is 400. The van der Waals surface area contributed by atoms with Gasteiger partial charge in [0.05, 0.1) is 0 Å². The quantitative estimate of drug-likeness (QED) is 0.501. The van der Waals surface area contributed by atoms with E-state index in [1.807, 2.05) is 0 Å². The summed E-state index contributed by atoms with van der Waals surface area (Å²) in [5.41, 5.74) is 6.53. The van der Waals surface area contributed by atoms with Gasteiger partial charge in [-0.05, 0) is 37.1 Å². The van der Waals surface area contributed by atoms with Crippen LogP contribution in [0.15, 0.2) is 12.1 Å². The number of nitrogens with two attached hydrogens (primary N) is 1. The third-order valence-corrected chi connectivity index (χ3v) is 2.59. The minimum absolute atomic E-state index is 0.130. The van der Waals surface area contributed by atoms with Crippen molar-refractivity contribution < 1.29 is 14.6 Å². The van der Waals surface area contributed by atoms with Crippen molar-refractivity contribution in [2.24, 2.45) is 5.50 Å². The Labute approximate surface area is 82.1 Å². The smallest absolute Gasteiger partial charge is 0.165 e. The van der Waals surface area contributed by atoms with Gasteiger partial charge in [-0.1, -0.05) is 0 Å². The van der Waals surface area contributed by atoms with E-state index in [4.69, 9.17) is 5.50 Å². The molecule has 1 aromatic rings. The molecule has 0 radical (unpaired) electrons. The second-order valence-corrected chi connectivity index (χ2v) is 4.51. The summed E-state index contributed by atoms with van der Waals surface area (Å²) in [6.45, 7) is 3.40.